The molecule has 0 bridgehead atoms. The molecular formula is C8H6F3IO. The first-order chi connectivity index (χ1) is 5.96. The van der Waals surface area contributed by atoms with Gasteiger partial charge in [-0.2, -0.15) is 13.2 Å². The Labute approximate surface area is 87.0 Å². The molecule has 1 rings (SSSR count). The fourth-order valence-electron chi connectivity index (χ4n) is 0.940. The van der Waals surface area contributed by atoms with E-state index in [-0.39, 0.29) is 5.75 Å². The predicted molar refractivity (Wildman–Crippen MR) is 50.7 cm³/mol. The van der Waals surface area contributed by atoms with Gasteiger partial charge in [0.1, 0.15) is 5.75 Å². The molecule has 0 saturated carbocycles. The summed E-state index contributed by atoms with van der Waals surface area (Å²) in [6.45, 7) is 0. The van der Waals surface area contributed by atoms with Gasteiger partial charge in [-0.15, -0.1) is 0 Å². The summed E-state index contributed by atoms with van der Waals surface area (Å²) >= 11 is 1.80. The molecule has 0 amide bonds. The first-order valence-corrected chi connectivity index (χ1v) is 4.44. The maximum absolute atomic E-state index is 12.3. The second kappa shape index (κ2) is 3.73. The lowest BCUT2D eigenvalue weighted by Crippen LogP contribution is -2.08. The summed E-state index contributed by atoms with van der Waals surface area (Å²) in [5.41, 5.74) is -0.734. The quantitative estimate of drug-likeness (QED) is 0.723. The highest BCUT2D eigenvalue weighted by atomic mass is 127. The zero-order valence-electron chi connectivity index (χ0n) is 6.65. The smallest absolute Gasteiger partial charge is 0.420 e. The Morgan fingerprint density at radius 1 is 1.31 bits per heavy atom. The molecule has 0 aliphatic rings. The van der Waals surface area contributed by atoms with Gasteiger partial charge in [-0.1, -0.05) is 6.07 Å². The van der Waals surface area contributed by atoms with Crippen molar-refractivity contribution in [1.82, 2.24) is 0 Å². The molecule has 72 valence electrons. The van der Waals surface area contributed by atoms with E-state index in [2.05, 4.69) is 4.74 Å². The van der Waals surface area contributed by atoms with Crippen LogP contribution in [0.25, 0.3) is 0 Å². The standard InChI is InChI=1S/C8H6F3IO/c1-13-7-5(8(9,10)11)3-2-4-6(7)12/h2-4H,1H3. The molecule has 0 spiro atoms. The molecule has 0 aliphatic heterocycles. The van der Waals surface area contributed by atoms with Crippen LogP contribution in [0.15, 0.2) is 18.2 Å². The van der Waals surface area contributed by atoms with Gasteiger partial charge in [-0.25, -0.2) is 0 Å². The summed E-state index contributed by atoms with van der Waals surface area (Å²) < 4.78 is 42.1. The summed E-state index contributed by atoms with van der Waals surface area (Å²) in [4.78, 5) is 0. The molecule has 0 saturated heterocycles. The number of ether oxygens (including phenoxy) is 1. The minimum Gasteiger partial charge on any atom is -0.495 e. The van der Waals surface area contributed by atoms with Crippen molar-refractivity contribution < 1.29 is 17.9 Å². The molecular weight excluding hydrogens is 296 g/mol. The fourth-order valence-corrected chi connectivity index (χ4v) is 1.66. The van der Waals surface area contributed by atoms with Crippen LogP contribution in [0, 0.1) is 3.57 Å². The first kappa shape index (κ1) is 10.6. The predicted octanol–water partition coefficient (Wildman–Crippen LogP) is 3.32. The Morgan fingerprint density at radius 2 is 1.92 bits per heavy atom. The zero-order valence-corrected chi connectivity index (χ0v) is 8.81. The van der Waals surface area contributed by atoms with Crippen molar-refractivity contribution in [3.05, 3.63) is 27.3 Å². The monoisotopic (exact) mass is 302 g/mol. The van der Waals surface area contributed by atoms with Crippen LogP contribution in [-0.2, 0) is 6.18 Å². The molecule has 0 aromatic heterocycles. The molecule has 5 heteroatoms. The average molecular weight is 302 g/mol. The Morgan fingerprint density at radius 3 is 2.31 bits per heavy atom. The molecule has 0 aliphatic carbocycles. The summed E-state index contributed by atoms with van der Waals surface area (Å²) in [7, 11) is 1.23. The minimum absolute atomic E-state index is 0.115. The Balaban J connectivity index is 3.29. The third-order valence-corrected chi connectivity index (χ3v) is 2.33. The van der Waals surface area contributed by atoms with Gasteiger partial charge in [0.05, 0.1) is 16.2 Å². The molecule has 13 heavy (non-hydrogen) atoms. The lowest BCUT2D eigenvalue weighted by molar-refractivity contribution is -0.138. The average Bonchev–Trinajstić information content (AvgIpc) is 2.02. The van der Waals surface area contributed by atoms with Crippen molar-refractivity contribution >= 4 is 22.6 Å². The lowest BCUT2D eigenvalue weighted by Gasteiger charge is -2.12. The Bertz CT molecular complexity index is 309. The Kier molecular flexibility index (Phi) is 3.05. The molecule has 1 nitrogen and oxygen atoms in total. The van der Waals surface area contributed by atoms with Crippen molar-refractivity contribution in [2.24, 2.45) is 0 Å². The van der Waals surface area contributed by atoms with Gasteiger partial charge < -0.3 is 4.74 Å². The van der Waals surface area contributed by atoms with Gasteiger partial charge in [0, 0.05) is 0 Å². The Hall–Kier alpha value is -0.460. The highest BCUT2D eigenvalue weighted by Crippen LogP contribution is 2.38. The number of benzene rings is 1. The van der Waals surface area contributed by atoms with E-state index in [9.17, 15) is 13.2 Å². The fraction of sp³-hybridized carbons (Fsp3) is 0.250. The normalized spacial score (nSPS) is 11.5. The molecule has 0 atom stereocenters. The van der Waals surface area contributed by atoms with Crippen LogP contribution in [0.1, 0.15) is 5.56 Å². The van der Waals surface area contributed by atoms with Crippen molar-refractivity contribution in [1.29, 1.82) is 0 Å². The molecule has 0 fully saturated rings. The van der Waals surface area contributed by atoms with E-state index in [0.29, 0.717) is 3.57 Å². The maximum atomic E-state index is 12.3. The number of alkyl halides is 3. The second-order valence-electron chi connectivity index (χ2n) is 2.32. The van der Waals surface area contributed by atoms with Gasteiger partial charge in [-0.05, 0) is 34.7 Å². The lowest BCUT2D eigenvalue weighted by atomic mass is 10.2. The highest BCUT2D eigenvalue weighted by Gasteiger charge is 2.34. The van der Waals surface area contributed by atoms with Gasteiger partial charge >= 0.3 is 6.18 Å². The minimum atomic E-state index is -4.35. The van der Waals surface area contributed by atoms with Gasteiger partial charge in [-0.3, -0.25) is 0 Å². The second-order valence-corrected chi connectivity index (χ2v) is 3.48. The first-order valence-electron chi connectivity index (χ1n) is 3.36. The summed E-state index contributed by atoms with van der Waals surface area (Å²) in [6.07, 6.45) is -4.35. The van der Waals surface area contributed by atoms with Gasteiger partial charge in [0.25, 0.3) is 0 Å². The molecule has 0 unspecified atom stereocenters. The number of halogens is 4. The van der Waals surface area contributed by atoms with Crippen LogP contribution in [-0.4, -0.2) is 7.11 Å². The molecule has 1 aromatic rings. The number of methoxy groups -OCH3 is 1. The molecule has 1 aromatic carbocycles. The summed E-state index contributed by atoms with van der Waals surface area (Å²) in [6, 6.07) is 3.92. The van der Waals surface area contributed by atoms with Crippen molar-refractivity contribution in [2.45, 2.75) is 6.18 Å². The van der Waals surface area contributed by atoms with Crippen molar-refractivity contribution in [3.63, 3.8) is 0 Å². The number of hydrogen-bond donors (Lipinski definition) is 0. The topological polar surface area (TPSA) is 9.23 Å². The van der Waals surface area contributed by atoms with Crippen LogP contribution in [0.2, 0.25) is 0 Å². The van der Waals surface area contributed by atoms with E-state index in [1.54, 1.807) is 28.7 Å². The third-order valence-electron chi connectivity index (χ3n) is 1.48. The van der Waals surface area contributed by atoms with Crippen molar-refractivity contribution in [3.8, 4) is 5.75 Å². The SMILES string of the molecule is COc1c(I)cccc1C(F)(F)F. The van der Waals surface area contributed by atoms with Gasteiger partial charge in [0.15, 0.2) is 0 Å². The van der Waals surface area contributed by atoms with E-state index >= 15 is 0 Å². The number of rotatable bonds is 1. The van der Waals surface area contributed by atoms with E-state index in [1.807, 2.05) is 0 Å². The molecule has 0 heterocycles. The van der Waals surface area contributed by atoms with Crippen LogP contribution < -0.4 is 4.74 Å². The number of para-hydroxylation sites is 1. The molecule has 0 N–H and O–H groups in total. The molecule has 0 radical (unpaired) electrons. The number of hydrogen-bond acceptors (Lipinski definition) is 1. The van der Waals surface area contributed by atoms with Crippen LogP contribution in [0.5, 0.6) is 5.75 Å². The van der Waals surface area contributed by atoms with E-state index in [4.69, 9.17) is 0 Å². The van der Waals surface area contributed by atoms with Crippen LogP contribution in [0.3, 0.4) is 0 Å². The van der Waals surface area contributed by atoms with Gasteiger partial charge in [0.2, 0.25) is 0 Å². The summed E-state index contributed by atoms with van der Waals surface area (Å²) in [5, 5.41) is 0. The summed E-state index contributed by atoms with van der Waals surface area (Å²) in [5.74, 6) is -0.115. The van der Waals surface area contributed by atoms with E-state index in [1.165, 1.54) is 13.2 Å². The zero-order chi connectivity index (χ0) is 10.1. The third kappa shape index (κ3) is 2.26. The largest absolute Gasteiger partial charge is 0.495 e. The maximum Gasteiger partial charge on any atom is 0.420 e. The van der Waals surface area contributed by atoms with E-state index in [0.717, 1.165) is 6.07 Å². The van der Waals surface area contributed by atoms with Crippen LogP contribution in [0.4, 0.5) is 13.2 Å². The van der Waals surface area contributed by atoms with E-state index < -0.39 is 11.7 Å². The van der Waals surface area contributed by atoms with Crippen LogP contribution >= 0.6 is 22.6 Å². The highest BCUT2D eigenvalue weighted by molar-refractivity contribution is 14.1. The van der Waals surface area contributed by atoms with Crippen molar-refractivity contribution in [2.75, 3.05) is 7.11 Å².